The van der Waals surface area contributed by atoms with Crippen LogP contribution in [0.25, 0.3) is 0 Å². The van der Waals surface area contributed by atoms with Crippen LogP contribution in [-0.2, 0) is 0 Å². The summed E-state index contributed by atoms with van der Waals surface area (Å²) >= 11 is 0. The van der Waals surface area contributed by atoms with Crippen molar-refractivity contribution < 1.29 is 9.47 Å². The second kappa shape index (κ2) is 6.95. The van der Waals surface area contributed by atoms with Crippen LogP contribution < -0.4 is 14.8 Å². The minimum absolute atomic E-state index is 0.296. The molecule has 0 bridgehead atoms. The van der Waals surface area contributed by atoms with Crippen molar-refractivity contribution in [3.05, 3.63) is 23.8 Å². The summed E-state index contributed by atoms with van der Waals surface area (Å²) < 4.78 is 11.2. The van der Waals surface area contributed by atoms with E-state index < -0.39 is 0 Å². The smallest absolute Gasteiger partial charge is 0.161 e. The molecule has 20 heavy (non-hydrogen) atoms. The Kier molecular flexibility index (Phi) is 5.26. The lowest BCUT2D eigenvalue weighted by Crippen LogP contribution is -2.36. The average molecular weight is 278 g/mol. The van der Waals surface area contributed by atoms with Gasteiger partial charge in [0.2, 0.25) is 0 Å². The van der Waals surface area contributed by atoms with E-state index in [1.54, 1.807) is 0 Å². The summed E-state index contributed by atoms with van der Waals surface area (Å²) in [5.41, 5.74) is 1.24. The maximum absolute atomic E-state index is 5.67. The average Bonchev–Trinajstić information content (AvgIpc) is 2.51. The molecule has 0 radical (unpaired) electrons. The SMILES string of the molecule is CCC(C)N(C)CC(NC)c1ccc2c(c1)OCCO2. The zero-order valence-corrected chi connectivity index (χ0v) is 13.0. The molecule has 0 saturated heterocycles. The number of likely N-dealkylation sites (N-methyl/N-ethyl adjacent to an activating group) is 2. The lowest BCUT2D eigenvalue weighted by atomic mass is 10.0. The summed E-state index contributed by atoms with van der Waals surface area (Å²) in [5, 5.41) is 3.40. The highest BCUT2D eigenvalue weighted by molar-refractivity contribution is 5.44. The van der Waals surface area contributed by atoms with Crippen LogP contribution in [0.3, 0.4) is 0 Å². The predicted octanol–water partition coefficient (Wildman–Crippen LogP) is 2.45. The Morgan fingerprint density at radius 3 is 2.60 bits per heavy atom. The summed E-state index contributed by atoms with van der Waals surface area (Å²) in [6, 6.07) is 7.12. The molecule has 1 aromatic carbocycles. The topological polar surface area (TPSA) is 33.7 Å². The number of hydrogen-bond donors (Lipinski definition) is 1. The Bertz CT molecular complexity index is 436. The van der Waals surface area contributed by atoms with E-state index in [1.165, 1.54) is 5.56 Å². The Morgan fingerprint density at radius 2 is 1.95 bits per heavy atom. The van der Waals surface area contributed by atoms with Crippen molar-refractivity contribution >= 4 is 0 Å². The van der Waals surface area contributed by atoms with Gasteiger partial charge in [-0.05, 0) is 45.1 Å². The number of ether oxygens (including phenoxy) is 2. The first-order valence-electron chi connectivity index (χ1n) is 7.42. The van der Waals surface area contributed by atoms with Gasteiger partial charge in [0.05, 0.1) is 0 Å². The van der Waals surface area contributed by atoms with Gasteiger partial charge in [0.1, 0.15) is 13.2 Å². The molecular formula is C16H26N2O2. The standard InChI is InChI=1S/C16H26N2O2/c1-5-12(2)18(4)11-14(17-3)13-6-7-15-16(10-13)20-9-8-19-15/h6-7,10,12,14,17H,5,8-9,11H2,1-4H3. The van der Waals surface area contributed by atoms with Crippen LogP contribution >= 0.6 is 0 Å². The summed E-state index contributed by atoms with van der Waals surface area (Å²) in [4.78, 5) is 2.39. The normalized spacial score (nSPS) is 17.1. The molecule has 1 N–H and O–H groups in total. The third-order valence-electron chi connectivity index (χ3n) is 4.13. The van der Waals surface area contributed by atoms with Crippen molar-refractivity contribution in [2.45, 2.75) is 32.4 Å². The molecule has 2 rings (SSSR count). The third-order valence-corrected chi connectivity index (χ3v) is 4.13. The molecular weight excluding hydrogens is 252 g/mol. The monoisotopic (exact) mass is 278 g/mol. The fourth-order valence-corrected chi connectivity index (χ4v) is 2.42. The van der Waals surface area contributed by atoms with Crippen molar-refractivity contribution in [3.63, 3.8) is 0 Å². The predicted molar refractivity (Wildman–Crippen MR) is 81.6 cm³/mol. The minimum Gasteiger partial charge on any atom is -0.486 e. The molecule has 4 nitrogen and oxygen atoms in total. The quantitative estimate of drug-likeness (QED) is 0.866. The van der Waals surface area contributed by atoms with Gasteiger partial charge in [-0.3, -0.25) is 0 Å². The lowest BCUT2D eigenvalue weighted by Gasteiger charge is -2.29. The summed E-state index contributed by atoms with van der Waals surface area (Å²) in [6.07, 6.45) is 1.16. The first kappa shape index (κ1) is 15.1. The van der Waals surface area contributed by atoms with Gasteiger partial charge in [0.25, 0.3) is 0 Å². The largest absolute Gasteiger partial charge is 0.486 e. The van der Waals surface area contributed by atoms with Crippen LogP contribution in [0, 0.1) is 0 Å². The molecule has 112 valence electrons. The van der Waals surface area contributed by atoms with E-state index in [-0.39, 0.29) is 0 Å². The molecule has 0 amide bonds. The van der Waals surface area contributed by atoms with Gasteiger partial charge in [0.15, 0.2) is 11.5 Å². The highest BCUT2D eigenvalue weighted by Gasteiger charge is 2.18. The van der Waals surface area contributed by atoms with Gasteiger partial charge in [-0.25, -0.2) is 0 Å². The van der Waals surface area contributed by atoms with Gasteiger partial charge in [0, 0.05) is 18.6 Å². The number of nitrogens with one attached hydrogen (secondary N) is 1. The van der Waals surface area contributed by atoms with Crippen molar-refractivity contribution in [3.8, 4) is 11.5 Å². The van der Waals surface area contributed by atoms with Crippen LogP contribution in [0.5, 0.6) is 11.5 Å². The molecule has 0 saturated carbocycles. The highest BCUT2D eigenvalue weighted by Crippen LogP contribution is 2.32. The molecule has 1 heterocycles. The lowest BCUT2D eigenvalue weighted by molar-refractivity contribution is 0.171. The van der Waals surface area contributed by atoms with Gasteiger partial charge >= 0.3 is 0 Å². The van der Waals surface area contributed by atoms with Gasteiger partial charge < -0.3 is 19.7 Å². The maximum Gasteiger partial charge on any atom is 0.161 e. The Morgan fingerprint density at radius 1 is 1.25 bits per heavy atom. The van der Waals surface area contributed by atoms with Crippen molar-refractivity contribution in [2.24, 2.45) is 0 Å². The zero-order valence-electron chi connectivity index (χ0n) is 13.0. The molecule has 4 heteroatoms. The highest BCUT2D eigenvalue weighted by atomic mass is 16.6. The first-order chi connectivity index (χ1) is 9.65. The second-order valence-corrected chi connectivity index (χ2v) is 5.44. The van der Waals surface area contributed by atoms with Crippen molar-refractivity contribution in [1.29, 1.82) is 0 Å². The molecule has 1 aliphatic heterocycles. The summed E-state index contributed by atoms with van der Waals surface area (Å²) in [7, 11) is 4.18. The van der Waals surface area contributed by atoms with Crippen LogP contribution in [0.15, 0.2) is 18.2 Å². The Balaban J connectivity index is 2.11. The van der Waals surface area contributed by atoms with E-state index in [1.807, 2.05) is 13.1 Å². The van der Waals surface area contributed by atoms with Gasteiger partial charge in [-0.1, -0.05) is 13.0 Å². The minimum atomic E-state index is 0.296. The van der Waals surface area contributed by atoms with E-state index in [0.29, 0.717) is 25.3 Å². The number of rotatable bonds is 6. The number of nitrogens with zero attached hydrogens (tertiary/aromatic N) is 1. The summed E-state index contributed by atoms with van der Waals surface area (Å²) in [5.74, 6) is 1.71. The molecule has 1 aromatic rings. The first-order valence-corrected chi connectivity index (χ1v) is 7.42. The van der Waals surface area contributed by atoms with Gasteiger partial charge in [-0.2, -0.15) is 0 Å². The number of fused-ring (bicyclic) bond motifs is 1. The molecule has 0 fully saturated rings. The van der Waals surface area contributed by atoms with E-state index in [4.69, 9.17) is 9.47 Å². The maximum atomic E-state index is 5.67. The third kappa shape index (κ3) is 3.44. The fraction of sp³-hybridized carbons (Fsp3) is 0.625. The molecule has 0 aliphatic carbocycles. The van der Waals surface area contributed by atoms with Crippen LogP contribution in [-0.4, -0.2) is 44.8 Å². The second-order valence-electron chi connectivity index (χ2n) is 5.44. The van der Waals surface area contributed by atoms with E-state index in [9.17, 15) is 0 Å². The summed E-state index contributed by atoms with van der Waals surface area (Å²) in [6.45, 7) is 6.73. The molecule has 0 spiro atoms. The van der Waals surface area contributed by atoms with Crippen LogP contribution in [0.1, 0.15) is 31.9 Å². The van der Waals surface area contributed by atoms with Crippen LogP contribution in [0.4, 0.5) is 0 Å². The Labute approximate surface area is 122 Å². The van der Waals surface area contributed by atoms with Crippen molar-refractivity contribution in [2.75, 3.05) is 33.9 Å². The fourth-order valence-electron chi connectivity index (χ4n) is 2.42. The van der Waals surface area contributed by atoms with Crippen LogP contribution in [0.2, 0.25) is 0 Å². The Hall–Kier alpha value is -1.26. The molecule has 1 aliphatic rings. The molecule has 2 unspecified atom stereocenters. The van der Waals surface area contributed by atoms with Gasteiger partial charge in [-0.15, -0.1) is 0 Å². The van der Waals surface area contributed by atoms with E-state index >= 15 is 0 Å². The van der Waals surface area contributed by atoms with Crippen molar-refractivity contribution in [1.82, 2.24) is 10.2 Å². The molecule has 0 aromatic heterocycles. The van der Waals surface area contributed by atoms with E-state index in [0.717, 1.165) is 24.5 Å². The zero-order chi connectivity index (χ0) is 14.5. The molecule has 2 atom stereocenters. The van der Waals surface area contributed by atoms with E-state index in [2.05, 4.69) is 43.2 Å². The number of hydrogen-bond acceptors (Lipinski definition) is 4. The number of benzene rings is 1.